The third-order valence-corrected chi connectivity index (χ3v) is 7.61. The van der Waals surface area contributed by atoms with Crippen LogP contribution >= 0.6 is 0 Å². The summed E-state index contributed by atoms with van der Waals surface area (Å²) < 4.78 is 25.6. The number of amides is 1. The lowest BCUT2D eigenvalue weighted by Gasteiger charge is -2.26. The minimum atomic E-state index is -3.02. The summed E-state index contributed by atoms with van der Waals surface area (Å²) in [5, 5.41) is 12.6. The second-order valence-corrected chi connectivity index (χ2v) is 10.0. The molecule has 0 radical (unpaired) electrons. The van der Waals surface area contributed by atoms with Gasteiger partial charge in [-0.1, -0.05) is 37.3 Å². The Bertz CT molecular complexity index is 1070. The fourth-order valence-corrected chi connectivity index (χ4v) is 5.77. The van der Waals surface area contributed by atoms with Crippen molar-refractivity contribution >= 4 is 21.6 Å². The van der Waals surface area contributed by atoms with Gasteiger partial charge in [0, 0.05) is 18.3 Å². The van der Waals surface area contributed by atoms with Gasteiger partial charge in [0.15, 0.2) is 9.84 Å². The van der Waals surface area contributed by atoms with Crippen LogP contribution in [0.4, 0.5) is 5.82 Å². The van der Waals surface area contributed by atoms with Gasteiger partial charge in [-0.25, -0.2) is 8.42 Å². The van der Waals surface area contributed by atoms with Gasteiger partial charge in [0.2, 0.25) is 5.91 Å². The summed E-state index contributed by atoms with van der Waals surface area (Å²) in [6, 6.07) is 12.0. The monoisotopic (exact) mass is 428 g/mol. The Balaban J connectivity index is 1.82. The Kier molecular flexibility index (Phi) is 6.64. The highest BCUT2D eigenvalue weighted by atomic mass is 32.2. The lowest BCUT2D eigenvalue weighted by Crippen LogP contribution is -2.41. The van der Waals surface area contributed by atoms with Gasteiger partial charge >= 0.3 is 0 Å². The Morgan fingerprint density at radius 1 is 1.30 bits per heavy atom. The fourth-order valence-electron chi connectivity index (χ4n) is 4.01. The van der Waals surface area contributed by atoms with Crippen LogP contribution in [0.2, 0.25) is 0 Å². The van der Waals surface area contributed by atoms with Crippen LogP contribution < -0.4 is 5.32 Å². The molecular weight excluding hydrogens is 400 g/mol. The number of sulfone groups is 1. The van der Waals surface area contributed by atoms with Crippen molar-refractivity contribution in [3.8, 4) is 6.07 Å². The second kappa shape index (κ2) is 9.02. The van der Waals surface area contributed by atoms with E-state index in [4.69, 9.17) is 0 Å². The minimum Gasteiger partial charge on any atom is -0.326 e. The number of nitriles is 1. The molecule has 2 heterocycles. The maximum Gasteiger partial charge on any atom is 0.239 e. The van der Waals surface area contributed by atoms with E-state index in [-0.39, 0.29) is 30.0 Å². The number of hydrogen-bond acceptors (Lipinski definition) is 5. The molecule has 1 saturated heterocycles. The number of nitrogens with zero attached hydrogens (tertiary/aromatic N) is 3. The molecule has 1 amide bonds. The van der Waals surface area contributed by atoms with Crippen molar-refractivity contribution in [3.63, 3.8) is 0 Å². The molecule has 0 spiro atoms. The van der Waals surface area contributed by atoms with Gasteiger partial charge in [-0.2, -0.15) is 5.26 Å². The van der Waals surface area contributed by atoms with E-state index >= 15 is 0 Å². The summed E-state index contributed by atoms with van der Waals surface area (Å²) in [6.45, 7) is 6.97. The highest BCUT2D eigenvalue weighted by Crippen LogP contribution is 2.27. The first-order valence-corrected chi connectivity index (χ1v) is 12.0. The number of aromatic nitrogens is 1. The summed E-state index contributed by atoms with van der Waals surface area (Å²) in [5.74, 6) is 0.522. The molecule has 1 fully saturated rings. The number of carbonyl (C=O) groups is 1. The number of carbonyl (C=O) groups excluding carboxylic acids is 1. The van der Waals surface area contributed by atoms with Crippen molar-refractivity contribution in [2.75, 3.05) is 29.9 Å². The molecule has 0 unspecified atom stereocenters. The van der Waals surface area contributed by atoms with E-state index < -0.39 is 9.84 Å². The number of likely N-dealkylation sites (N-methyl/N-ethyl adjacent to an activating group) is 1. The molecule has 0 bridgehead atoms. The van der Waals surface area contributed by atoms with Crippen molar-refractivity contribution in [2.45, 2.75) is 39.8 Å². The summed E-state index contributed by atoms with van der Waals surface area (Å²) in [7, 11) is -3.02. The molecule has 1 aliphatic heterocycles. The topological polar surface area (TPSA) is 95.2 Å². The van der Waals surface area contributed by atoms with Crippen LogP contribution in [0.3, 0.4) is 0 Å². The maximum atomic E-state index is 12.9. The number of anilines is 1. The third kappa shape index (κ3) is 4.74. The van der Waals surface area contributed by atoms with Crippen LogP contribution in [0.5, 0.6) is 0 Å². The molecule has 8 heteroatoms. The van der Waals surface area contributed by atoms with E-state index in [2.05, 4.69) is 11.4 Å². The molecule has 2 aromatic rings. The summed E-state index contributed by atoms with van der Waals surface area (Å²) in [6.07, 6.45) is 0.551. The van der Waals surface area contributed by atoms with Gasteiger partial charge in [0.05, 0.1) is 23.6 Å². The van der Waals surface area contributed by atoms with Crippen LogP contribution in [0.1, 0.15) is 35.7 Å². The van der Waals surface area contributed by atoms with Crippen molar-refractivity contribution < 1.29 is 13.2 Å². The molecule has 7 nitrogen and oxygen atoms in total. The third-order valence-electron chi connectivity index (χ3n) is 5.86. The number of rotatable bonds is 7. The lowest BCUT2D eigenvalue weighted by atomic mass is 10.2. The highest BCUT2D eigenvalue weighted by Gasteiger charge is 2.32. The predicted octanol–water partition coefficient (Wildman–Crippen LogP) is 2.47. The minimum absolute atomic E-state index is 0.0934. The van der Waals surface area contributed by atoms with Gasteiger partial charge in [0.1, 0.15) is 11.9 Å². The zero-order valence-corrected chi connectivity index (χ0v) is 18.5. The first-order chi connectivity index (χ1) is 14.3. The van der Waals surface area contributed by atoms with E-state index in [9.17, 15) is 18.5 Å². The average molecular weight is 429 g/mol. The van der Waals surface area contributed by atoms with E-state index in [1.165, 1.54) is 0 Å². The van der Waals surface area contributed by atoms with Gasteiger partial charge < -0.3 is 9.88 Å². The largest absolute Gasteiger partial charge is 0.326 e. The standard InChI is InChI=1S/C22H28N4O3S/c1-4-25(19-10-11-30(28,29)15-19)14-21(27)24-22-20(12-23)16(2)17(3)26(22)13-18-8-6-5-7-9-18/h5-9,19H,4,10-11,13-15H2,1-3H3,(H,24,27)/t19-/m0/s1. The van der Waals surface area contributed by atoms with E-state index in [0.29, 0.717) is 30.9 Å². The highest BCUT2D eigenvalue weighted by molar-refractivity contribution is 7.91. The average Bonchev–Trinajstić information content (AvgIpc) is 3.18. The molecule has 1 aliphatic rings. The van der Waals surface area contributed by atoms with Crippen LogP contribution in [0.15, 0.2) is 30.3 Å². The molecule has 30 heavy (non-hydrogen) atoms. The Morgan fingerprint density at radius 2 is 2.00 bits per heavy atom. The SMILES string of the molecule is CCN(CC(=O)Nc1c(C#N)c(C)c(C)n1Cc1ccccc1)[C@H]1CCS(=O)(=O)C1. The van der Waals surface area contributed by atoms with Gasteiger partial charge in [-0.05, 0) is 37.9 Å². The summed E-state index contributed by atoms with van der Waals surface area (Å²) in [4.78, 5) is 14.8. The molecule has 1 atom stereocenters. The molecule has 160 valence electrons. The maximum absolute atomic E-state index is 12.9. The zero-order valence-electron chi connectivity index (χ0n) is 17.7. The predicted molar refractivity (Wildman–Crippen MR) is 117 cm³/mol. The first-order valence-electron chi connectivity index (χ1n) is 10.1. The Hall–Kier alpha value is -2.63. The van der Waals surface area contributed by atoms with E-state index in [0.717, 1.165) is 16.8 Å². The molecule has 1 aromatic heterocycles. The van der Waals surface area contributed by atoms with Gasteiger partial charge in [0.25, 0.3) is 0 Å². The summed E-state index contributed by atoms with van der Waals surface area (Å²) >= 11 is 0. The second-order valence-electron chi connectivity index (χ2n) is 7.79. The lowest BCUT2D eigenvalue weighted by molar-refractivity contribution is -0.117. The number of nitrogens with one attached hydrogen (secondary N) is 1. The van der Waals surface area contributed by atoms with E-state index in [1.807, 2.05) is 60.6 Å². The quantitative estimate of drug-likeness (QED) is 0.731. The molecule has 0 saturated carbocycles. The Labute approximate surface area is 178 Å². The normalized spacial score (nSPS) is 17.8. The molecule has 3 rings (SSSR count). The first kappa shape index (κ1) is 22.1. The van der Waals surface area contributed by atoms with Gasteiger partial charge in [-0.3, -0.25) is 9.69 Å². The van der Waals surface area contributed by atoms with Gasteiger partial charge in [-0.15, -0.1) is 0 Å². The Morgan fingerprint density at radius 3 is 2.57 bits per heavy atom. The molecule has 0 aliphatic carbocycles. The number of hydrogen-bond donors (Lipinski definition) is 1. The smallest absolute Gasteiger partial charge is 0.239 e. The van der Waals surface area contributed by atoms with E-state index in [1.54, 1.807) is 0 Å². The van der Waals surface area contributed by atoms with Crippen LogP contribution in [0.25, 0.3) is 0 Å². The van der Waals surface area contributed by atoms with Crippen molar-refractivity contribution in [2.24, 2.45) is 0 Å². The van der Waals surface area contributed by atoms with Crippen LogP contribution in [-0.2, 0) is 21.2 Å². The number of benzene rings is 1. The van der Waals surface area contributed by atoms with Crippen molar-refractivity contribution in [1.82, 2.24) is 9.47 Å². The molecular formula is C22H28N4O3S. The van der Waals surface area contributed by atoms with Crippen LogP contribution in [0, 0.1) is 25.2 Å². The summed E-state index contributed by atoms with van der Waals surface area (Å²) in [5.41, 5.74) is 3.31. The van der Waals surface area contributed by atoms with Crippen LogP contribution in [-0.4, -0.2) is 54.4 Å². The fraction of sp³-hybridized carbons (Fsp3) is 0.455. The van der Waals surface area contributed by atoms with Crippen molar-refractivity contribution in [3.05, 3.63) is 52.7 Å². The molecule has 1 N–H and O–H groups in total. The molecule has 1 aromatic carbocycles. The zero-order chi connectivity index (χ0) is 21.9. The van der Waals surface area contributed by atoms with Crippen molar-refractivity contribution in [1.29, 1.82) is 5.26 Å².